The van der Waals surface area contributed by atoms with Crippen LogP contribution in [0.15, 0.2) is 93.3 Å². The lowest BCUT2D eigenvalue weighted by molar-refractivity contribution is -0.119. The molecule has 30 heavy (non-hydrogen) atoms. The van der Waals surface area contributed by atoms with Crippen LogP contribution in [0.4, 0.5) is 5.69 Å². The number of anilines is 1. The van der Waals surface area contributed by atoms with E-state index >= 15 is 0 Å². The van der Waals surface area contributed by atoms with Crippen molar-refractivity contribution in [3.63, 3.8) is 0 Å². The average molecular weight is 486 g/mol. The van der Waals surface area contributed by atoms with Crippen molar-refractivity contribution < 1.29 is 13.2 Å². The molecule has 0 aliphatic carbocycles. The summed E-state index contributed by atoms with van der Waals surface area (Å²) in [4.78, 5) is 12.6. The van der Waals surface area contributed by atoms with Gasteiger partial charge in [-0.25, -0.2) is 13.8 Å². The van der Waals surface area contributed by atoms with Gasteiger partial charge < -0.3 is 0 Å². The molecule has 3 aromatic rings. The van der Waals surface area contributed by atoms with E-state index in [9.17, 15) is 13.2 Å². The summed E-state index contributed by atoms with van der Waals surface area (Å²) in [5.41, 5.74) is 4.71. The first-order valence-electron chi connectivity index (χ1n) is 9.08. The van der Waals surface area contributed by atoms with Crippen LogP contribution < -0.4 is 9.73 Å². The molecule has 8 heteroatoms. The highest BCUT2D eigenvalue weighted by molar-refractivity contribution is 9.10. The molecule has 0 saturated heterocycles. The van der Waals surface area contributed by atoms with E-state index in [1.807, 2.05) is 31.2 Å². The number of benzene rings is 3. The maximum Gasteiger partial charge on any atom is 0.264 e. The Morgan fingerprint density at radius 3 is 2.27 bits per heavy atom. The molecule has 154 valence electrons. The number of carbonyl (C=O) groups is 1. The molecule has 0 aromatic heterocycles. The molecule has 0 saturated carbocycles. The minimum absolute atomic E-state index is 0.101. The van der Waals surface area contributed by atoms with Crippen LogP contribution >= 0.6 is 15.9 Å². The van der Waals surface area contributed by atoms with E-state index in [0.717, 1.165) is 19.9 Å². The largest absolute Gasteiger partial charge is 0.271 e. The molecule has 0 heterocycles. The minimum atomic E-state index is -3.94. The Morgan fingerprint density at radius 1 is 1.00 bits per heavy atom. The highest BCUT2D eigenvalue weighted by Crippen LogP contribution is 2.25. The summed E-state index contributed by atoms with van der Waals surface area (Å²) >= 11 is 3.34. The Kier molecular flexibility index (Phi) is 7.02. The average Bonchev–Trinajstić information content (AvgIpc) is 2.75. The second kappa shape index (κ2) is 9.69. The summed E-state index contributed by atoms with van der Waals surface area (Å²) < 4.78 is 28.2. The number of hydrogen-bond donors (Lipinski definition) is 1. The molecule has 3 rings (SSSR count). The fourth-order valence-electron chi connectivity index (χ4n) is 2.64. The van der Waals surface area contributed by atoms with E-state index in [2.05, 4.69) is 26.5 Å². The molecule has 0 bridgehead atoms. The minimum Gasteiger partial charge on any atom is -0.271 e. The van der Waals surface area contributed by atoms with Crippen molar-refractivity contribution in [3.05, 3.63) is 94.5 Å². The van der Waals surface area contributed by atoms with Gasteiger partial charge in [0.25, 0.3) is 15.9 Å². The second-order valence-electron chi connectivity index (χ2n) is 6.51. The maximum absolute atomic E-state index is 13.2. The zero-order chi connectivity index (χ0) is 21.6. The molecule has 1 N–H and O–H groups in total. The molecular weight excluding hydrogens is 466 g/mol. The number of nitrogens with one attached hydrogen (secondary N) is 1. The second-order valence-corrected chi connectivity index (χ2v) is 9.28. The van der Waals surface area contributed by atoms with Crippen LogP contribution in [-0.2, 0) is 14.8 Å². The van der Waals surface area contributed by atoms with Gasteiger partial charge in [0.05, 0.1) is 16.8 Å². The number of carbonyl (C=O) groups excluding carboxylic acids is 1. The molecular formula is C22H20BrN3O3S. The summed E-state index contributed by atoms with van der Waals surface area (Å²) in [5, 5.41) is 3.93. The molecule has 6 nitrogen and oxygen atoms in total. The van der Waals surface area contributed by atoms with Gasteiger partial charge in [0, 0.05) is 4.47 Å². The third-order valence-corrected chi connectivity index (χ3v) is 6.53. The molecule has 0 aliphatic rings. The smallest absolute Gasteiger partial charge is 0.264 e. The van der Waals surface area contributed by atoms with Crippen molar-refractivity contribution in [2.75, 3.05) is 10.8 Å². The van der Waals surface area contributed by atoms with Crippen LogP contribution in [-0.4, -0.2) is 27.1 Å². The Morgan fingerprint density at radius 2 is 1.63 bits per heavy atom. The van der Waals surface area contributed by atoms with Gasteiger partial charge in [0.1, 0.15) is 6.54 Å². The standard InChI is InChI=1S/C22H20BrN3O3S/c1-17-7-9-18(10-8-17)15-24-25-22(27)16-26(20-13-11-19(23)12-14-20)30(28,29)21-5-3-2-4-6-21/h2-15H,16H2,1H3,(H,25,27). The summed E-state index contributed by atoms with van der Waals surface area (Å²) in [6, 6.07) is 22.3. The number of amides is 1. The van der Waals surface area contributed by atoms with Crippen LogP contribution in [0, 0.1) is 6.92 Å². The number of nitrogens with zero attached hydrogens (tertiary/aromatic N) is 2. The van der Waals surface area contributed by atoms with Gasteiger partial charge in [-0.15, -0.1) is 0 Å². The van der Waals surface area contributed by atoms with Crippen molar-refractivity contribution in [1.82, 2.24) is 5.43 Å². The van der Waals surface area contributed by atoms with Crippen molar-refractivity contribution in [2.24, 2.45) is 5.10 Å². The molecule has 1 amide bonds. The summed E-state index contributed by atoms with van der Waals surface area (Å²) in [6.45, 7) is 1.57. The van der Waals surface area contributed by atoms with Gasteiger partial charge in [-0.1, -0.05) is 64.0 Å². The van der Waals surface area contributed by atoms with E-state index in [1.54, 1.807) is 42.5 Å². The van der Waals surface area contributed by atoms with Crippen molar-refractivity contribution in [3.8, 4) is 0 Å². The van der Waals surface area contributed by atoms with Gasteiger partial charge in [-0.3, -0.25) is 9.10 Å². The van der Waals surface area contributed by atoms with Gasteiger partial charge in [0.2, 0.25) is 0 Å². The molecule has 0 fully saturated rings. The van der Waals surface area contributed by atoms with Gasteiger partial charge in [0.15, 0.2) is 0 Å². The topological polar surface area (TPSA) is 78.8 Å². The maximum atomic E-state index is 13.2. The predicted octanol–water partition coefficient (Wildman–Crippen LogP) is 4.10. The Hall–Kier alpha value is -2.97. The number of hydrazone groups is 1. The first-order chi connectivity index (χ1) is 14.4. The van der Waals surface area contributed by atoms with E-state index in [-0.39, 0.29) is 4.90 Å². The summed E-state index contributed by atoms with van der Waals surface area (Å²) in [6.07, 6.45) is 1.51. The number of hydrogen-bond acceptors (Lipinski definition) is 4. The van der Waals surface area contributed by atoms with Crippen LogP contribution in [0.5, 0.6) is 0 Å². The van der Waals surface area contributed by atoms with Crippen LogP contribution in [0.2, 0.25) is 0 Å². The van der Waals surface area contributed by atoms with Crippen LogP contribution in [0.3, 0.4) is 0 Å². The molecule has 0 unspecified atom stereocenters. The van der Waals surface area contributed by atoms with Gasteiger partial charge >= 0.3 is 0 Å². The Bertz CT molecular complexity index is 1130. The quantitative estimate of drug-likeness (QED) is 0.404. The molecule has 0 aliphatic heterocycles. The number of halogens is 1. The van der Waals surface area contributed by atoms with Gasteiger partial charge in [-0.05, 0) is 48.9 Å². The van der Waals surface area contributed by atoms with E-state index < -0.39 is 22.5 Å². The summed E-state index contributed by atoms with van der Waals surface area (Å²) in [5.74, 6) is -0.555. The van der Waals surface area contributed by atoms with Crippen LogP contribution in [0.1, 0.15) is 11.1 Å². The number of sulfonamides is 1. The fourth-order valence-corrected chi connectivity index (χ4v) is 4.35. The zero-order valence-electron chi connectivity index (χ0n) is 16.2. The number of rotatable bonds is 7. The predicted molar refractivity (Wildman–Crippen MR) is 122 cm³/mol. The first-order valence-corrected chi connectivity index (χ1v) is 11.3. The van der Waals surface area contributed by atoms with Crippen molar-refractivity contribution >= 4 is 43.8 Å². The van der Waals surface area contributed by atoms with Crippen molar-refractivity contribution in [1.29, 1.82) is 0 Å². The highest BCUT2D eigenvalue weighted by Gasteiger charge is 2.27. The lowest BCUT2D eigenvalue weighted by Gasteiger charge is -2.23. The summed E-state index contributed by atoms with van der Waals surface area (Å²) in [7, 11) is -3.94. The normalized spacial score (nSPS) is 11.4. The Balaban J connectivity index is 1.81. The third kappa shape index (κ3) is 5.55. The Labute approximate surface area is 184 Å². The third-order valence-electron chi connectivity index (χ3n) is 4.21. The zero-order valence-corrected chi connectivity index (χ0v) is 18.6. The van der Waals surface area contributed by atoms with E-state index in [1.165, 1.54) is 18.3 Å². The molecule has 0 radical (unpaired) electrons. The lowest BCUT2D eigenvalue weighted by atomic mass is 10.2. The molecule has 3 aromatic carbocycles. The van der Waals surface area contributed by atoms with Crippen LogP contribution in [0.25, 0.3) is 0 Å². The fraction of sp³-hybridized carbons (Fsp3) is 0.0909. The molecule has 0 atom stereocenters. The van der Waals surface area contributed by atoms with E-state index in [4.69, 9.17) is 0 Å². The van der Waals surface area contributed by atoms with Gasteiger partial charge in [-0.2, -0.15) is 5.10 Å². The lowest BCUT2D eigenvalue weighted by Crippen LogP contribution is -2.39. The van der Waals surface area contributed by atoms with E-state index in [0.29, 0.717) is 5.69 Å². The SMILES string of the molecule is Cc1ccc(C=NNC(=O)CN(c2ccc(Br)cc2)S(=O)(=O)c2ccccc2)cc1. The van der Waals surface area contributed by atoms with Crippen molar-refractivity contribution in [2.45, 2.75) is 11.8 Å². The number of aryl methyl sites for hydroxylation is 1. The molecule has 0 spiro atoms. The monoisotopic (exact) mass is 485 g/mol. The highest BCUT2D eigenvalue weighted by atomic mass is 79.9. The first kappa shape index (κ1) is 21.7.